The van der Waals surface area contributed by atoms with E-state index in [-0.39, 0.29) is 30.1 Å². The molecule has 1 atom stereocenters. The van der Waals surface area contributed by atoms with E-state index in [4.69, 9.17) is 8.94 Å². The number of aryl methyl sites for hydroxylation is 1. The van der Waals surface area contributed by atoms with E-state index < -0.39 is 0 Å². The Morgan fingerprint density at radius 2 is 2.24 bits per heavy atom. The molecule has 0 saturated heterocycles. The molecule has 0 bridgehead atoms. The Bertz CT molecular complexity index is 736. The Balaban J connectivity index is 1.62. The van der Waals surface area contributed by atoms with Crippen LogP contribution in [0.3, 0.4) is 0 Å². The monoisotopic (exact) mass is 346 g/mol. The Morgan fingerprint density at radius 1 is 1.40 bits per heavy atom. The lowest BCUT2D eigenvalue weighted by Gasteiger charge is -2.23. The van der Waals surface area contributed by atoms with Crippen molar-refractivity contribution in [2.75, 3.05) is 20.6 Å². The van der Waals surface area contributed by atoms with Crippen molar-refractivity contribution in [2.45, 2.75) is 31.8 Å². The smallest absolute Gasteiger partial charge is 0.274 e. The number of rotatable bonds is 6. The van der Waals surface area contributed by atoms with Crippen LogP contribution in [0.15, 0.2) is 27.3 Å². The Kier molecular flexibility index (Phi) is 5.18. The molecule has 0 spiro atoms. The topological polar surface area (TPSA) is 101 Å². The number of nitrogens with one attached hydrogen (secondary N) is 2. The van der Waals surface area contributed by atoms with E-state index in [0.717, 1.165) is 17.7 Å². The van der Waals surface area contributed by atoms with Crippen LogP contribution in [0.2, 0.25) is 0 Å². The summed E-state index contributed by atoms with van der Waals surface area (Å²) in [6.45, 7) is 0.625. The Morgan fingerprint density at radius 3 is 2.96 bits per heavy atom. The van der Waals surface area contributed by atoms with Gasteiger partial charge in [-0.25, -0.2) is 0 Å². The van der Waals surface area contributed by atoms with Crippen molar-refractivity contribution in [1.82, 2.24) is 20.7 Å². The van der Waals surface area contributed by atoms with Gasteiger partial charge >= 0.3 is 0 Å². The highest BCUT2D eigenvalue weighted by Gasteiger charge is 2.29. The van der Waals surface area contributed by atoms with Gasteiger partial charge in [0.1, 0.15) is 11.5 Å². The zero-order valence-electron chi connectivity index (χ0n) is 14.4. The maximum absolute atomic E-state index is 12.4. The third-order valence-electron chi connectivity index (χ3n) is 4.08. The van der Waals surface area contributed by atoms with Crippen molar-refractivity contribution < 1.29 is 18.5 Å². The zero-order valence-corrected chi connectivity index (χ0v) is 14.4. The van der Waals surface area contributed by atoms with Crippen molar-refractivity contribution in [3.8, 4) is 0 Å². The number of hydrogen-bond acceptors (Lipinski definition) is 6. The molecule has 25 heavy (non-hydrogen) atoms. The summed E-state index contributed by atoms with van der Waals surface area (Å²) in [5, 5.41) is 9.70. The molecule has 0 aromatic carbocycles. The van der Waals surface area contributed by atoms with Crippen LogP contribution in [-0.4, -0.2) is 48.6 Å². The minimum Gasteiger partial charge on any atom is -0.467 e. The van der Waals surface area contributed by atoms with E-state index in [1.54, 1.807) is 18.4 Å². The van der Waals surface area contributed by atoms with E-state index >= 15 is 0 Å². The lowest BCUT2D eigenvalue weighted by molar-refractivity contribution is -0.122. The molecule has 2 aromatic rings. The average molecular weight is 346 g/mol. The van der Waals surface area contributed by atoms with E-state index in [9.17, 15) is 9.59 Å². The fourth-order valence-electron chi connectivity index (χ4n) is 2.93. The van der Waals surface area contributed by atoms with Crippen molar-refractivity contribution in [2.24, 2.45) is 0 Å². The van der Waals surface area contributed by atoms with Crippen molar-refractivity contribution in [1.29, 1.82) is 0 Å². The molecule has 2 N–H and O–H groups in total. The standard InChI is InChI=1S/C17H22N4O4/c1-21(2)10-15(22)19-11-5-6-14-13(8-11)16(20-25-14)17(23)18-9-12-4-3-7-24-12/h3-4,7,11H,5-6,8-10H2,1-2H3,(H,18,23)(H,19,22). The molecule has 1 aliphatic carbocycles. The van der Waals surface area contributed by atoms with Crippen LogP contribution in [0.4, 0.5) is 0 Å². The predicted molar refractivity (Wildman–Crippen MR) is 88.9 cm³/mol. The molecule has 8 nitrogen and oxygen atoms in total. The van der Waals surface area contributed by atoms with Crippen LogP contribution in [-0.2, 0) is 24.2 Å². The maximum atomic E-state index is 12.4. The molecule has 1 aliphatic rings. The van der Waals surface area contributed by atoms with E-state index in [1.807, 2.05) is 19.0 Å². The van der Waals surface area contributed by atoms with Gasteiger partial charge in [0.15, 0.2) is 5.69 Å². The molecule has 0 fully saturated rings. The van der Waals surface area contributed by atoms with Gasteiger partial charge in [0.2, 0.25) is 5.91 Å². The van der Waals surface area contributed by atoms with Gasteiger partial charge in [0.25, 0.3) is 5.91 Å². The molecular weight excluding hydrogens is 324 g/mol. The van der Waals surface area contributed by atoms with Gasteiger partial charge in [-0.2, -0.15) is 0 Å². The number of furan rings is 1. The number of nitrogens with zero attached hydrogens (tertiary/aromatic N) is 2. The first-order valence-electron chi connectivity index (χ1n) is 8.25. The predicted octanol–water partition coefficient (Wildman–Crippen LogP) is 0.733. The maximum Gasteiger partial charge on any atom is 0.274 e. The van der Waals surface area contributed by atoms with Gasteiger partial charge < -0.3 is 24.5 Å². The minimum absolute atomic E-state index is 0.0176. The van der Waals surface area contributed by atoms with Crippen molar-refractivity contribution in [3.05, 3.63) is 41.2 Å². The summed E-state index contributed by atoms with van der Waals surface area (Å²) in [5.74, 6) is 1.06. The SMILES string of the molecule is CN(C)CC(=O)NC1CCc2onc(C(=O)NCc3ccco3)c2C1. The number of fused-ring (bicyclic) bond motifs is 1. The summed E-state index contributed by atoms with van der Waals surface area (Å²) in [6.07, 6.45) is 3.53. The number of aromatic nitrogens is 1. The molecule has 134 valence electrons. The summed E-state index contributed by atoms with van der Waals surface area (Å²) < 4.78 is 10.5. The van der Waals surface area contributed by atoms with Gasteiger partial charge in [-0.05, 0) is 39.1 Å². The van der Waals surface area contributed by atoms with E-state index in [2.05, 4.69) is 15.8 Å². The normalized spacial score (nSPS) is 16.5. The fraction of sp³-hybridized carbons (Fsp3) is 0.471. The second-order valence-corrected chi connectivity index (χ2v) is 6.44. The molecule has 2 amide bonds. The first kappa shape index (κ1) is 17.2. The van der Waals surface area contributed by atoms with Crippen LogP contribution in [0.1, 0.15) is 34.0 Å². The second-order valence-electron chi connectivity index (χ2n) is 6.44. The van der Waals surface area contributed by atoms with Crippen LogP contribution in [0.25, 0.3) is 0 Å². The molecule has 0 aliphatic heterocycles. The Hall–Kier alpha value is -2.61. The summed E-state index contributed by atoms with van der Waals surface area (Å²) in [4.78, 5) is 26.1. The minimum atomic E-state index is -0.304. The highest BCUT2D eigenvalue weighted by atomic mass is 16.5. The number of amides is 2. The van der Waals surface area contributed by atoms with Gasteiger partial charge in [0, 0.05) is 18.0 Å². The summed E-state index contributed by atoms with van der Waals surface area (Å²) in [6, 6.07) is 3.53. The molecule has 0 radical (unpaired) electrons. The quantitative estimate of drug-likeness (QED) is 0.800. The van der Waals surface area contributed by atoms with Gasteiger partial charge in [-0.15, -0.1) is 0 Å². The second kappa shape index (κ2) is 7.52. The molecular formula is C17H22N4O4. The van der Waals surface area contributed by atoms with Crippen LogP contribution >= 0.6 is 0 Å². The first-order chi connectivity index (χ1) is 12.0. The molecule has 2 aromatic heterocycles. The van der Waals surface area contributed by atoms with E-state index in [0.29, 0.717) is 25.1 Å². The molecule has 3 rings (SSSR count). The van der Waals surface area contributed by atoms with Crippen molar-refractivity contribution >= 4 is 11.8 Å². The summed E-state index contributed by atoms with van der Waals surface area (Å²) in [5.41, 5.74) is 1.06. The number of likely N-dealkylation sites (N-methyl/N-ethyl adjacent to an activating group) is 1. The molecule has 0 saturated carbocycles. The largest absolute Gasteiger partial charge is 0.467 e. The highest BCUT2D eigenvalue weighted by molar-refractivity contribution is 5.93. The average Bonchev–Trinajstić information content (AvgIpc) is 3.21. The molecule has 2 heterocycles. The van der Waals surface area contributed by atoms with Crippen LogP contribution in [0.5, 0.6) is 0 Å². The zero-order chi connectivity index (χ0) is 17.8. The lowest BCUT2D eigenvalue weighted by Crippen LogP contribution is -2.43. The van der Waals surface area contributed by atoms with Crippen molar-refractivity contribution in [3.63, 3.8) is 0 Å². The summed E-state index contributed by atoms with van der Waals surface area (Å²) >= 11 is 0. The third-order valence-corrected chi connectivity index (χ3v) is 4.08. The number of carbonyl (C=O) groups excluding carboxylic acids is 2. The third kappa shape index (κ3) is 4.27. The summed E-state index contributed by atoms with van der Waals surface area (Å²) in [7, 11) is 3.69. The van der Waals surface area contributed by atoms with Gasteiger partial charge in [-0.3, -0.25) is 9.59 Å². The van der Waals surface area contributed by atoms with Crippen LogP contribution < -0.4 is 10.6 Å². The fourth-order valence-corrected chi connectivity index (χ4v) is 2.93. The van der Waals surface area contributed by atoms with Gasteiger partial charge in [-0.1, -0.05) is 5.16 Å². The lowest BCUT2D eigenvalue weighted by atomic mass is 9.92. The molecule has 8 heteroatoms. The molecule has 1 unspecified atom stereocenters. The van der Waals surface area contributed by atoms with E-state index in [1.165, 1.54) is 0 Å². The highest BCUT2D eigenvalue weighted by Crippen LogP contribution is 2.24. The number of hydrogen-bond donors (Lipinski definition) is 2. The van der Waals surface area contributed by atoms with Crippen LogP contribution in [0, 0.1) is 0 Å². The first-order valence-corrected chi connectivity index (χ1v) is 8.25. The van der Waals surface area contributed by atoms with Gasteiger partial charge in [0.05, 0.1) is 19.4 Å². The Labute approximate surface area is 145 Å². The number of carbonyl (C=O) groups is 2.